The highest BCUT2D eigenvalue weighted by Gasteiger charge is 2.22. The van der Waals surface area contributed by atoms with Gasteiger partial charge < -0.3 is 28.4 Å². The molecule has 0 fully saturated rings. The maximum absolute atomic E-state index is 6.80. The van der Waals surface area contributed by atoms with Crippen molar-refractivity contribution in [1.82, 2.24) is 9.97 Å². The zero-order valence-corrected chi connectivity index (χ0v) is 60.4. The Kier molecular flexibility index (Phi) is 44.1. The zero-order valence-electron chi connectivity index (χ0n) is 58.8. The van der Waals surface area contributed by atoms with Gasteiger partial charge in [-0.25, -0.2) is 9.97 Å². The third-order valence-electron chi connectivity index (χ3n) is 17.9. The van der Waals surface area contributed by atoms with Gasteiger partial charge in [0.15, 0.2) is 23.0 Å². The highest BCUT2D eigenvalue weighted by Crippen LogP contribution is 2.47. The Morgan fingerprint density at radius 1 is 0.233 bits per heavy atom. The third kappa shape index (κ3) is 32.4. The topological polar surface area (TPSA) is 81.2 Å². The number of ether oxygens (including phenoxy) is 6. The summed E-state index contributed by atoms with van der Waals surface area (Å²) in [4.78, 5) is 10.8. The van der Waals surface area contributed by atoms with E-state index in [4.69, 9.17) is 38.4 Å². The quantitative estimate of drug-likeness (QED) is 0.0356. The maximum Gasteiger partial charge on any atom is 0.203 e. The summed E-state index contributed by atoms with van der Waals surface area (Å²) in [5.41, 5.74) is 3.97. The van der Waals surface area contributed by atoms with Crippen LogP contribution in [0.2, 0.25) is 0 Å². The van der Waals surface area contributed by atoms with Crippen molar-refractivity contribution in [1.29, 1.82) is 0 Å². The molecule has 3 aromatic carbocycles. The molecule has 0 radical (unpaired) electrons. The first-order chi connectivity index (χ1) is 44.5. The van der Waals surface area contributed by atoms with Gasteiger partial charge in [0.2, 0.25) is 11.5 Å². The van der Waals surface area contributed by atoms with E-state index in [1.807, 2.05) is 0 Å². The van der Waals surface area contributed by atoms with E-state index in [1.165, 1.54) is 270 Å². The van der Waals surface area contributed by atoms with Crippen molar-refractivity contribution in [2.24, 2.45) is 0 Å². The van der Waals surface area contributed by atoms with E-state index in [9.17, 15) is 0 Å². The molecular weight excluding hydrogens is 1150 g/mol. The van der Waals surface area contributed by atoms with Gasteiger partial charge in [0.25, 0.3) is 0 Å². The standard InChI is InChI=1S/C80H132N2O6S2/c1-7-13-19-25-31-37-43-49-55-83-71-61-67(62-72(84-56-50-44-38-32-26-20-14-8-2)77(71)87-59-53-47-41-35-29-23-17-11-5)79-81-69-65-76-70(66-75(69)89-79)82-80(90-76)68-63-73(85-57-51-45-39-33-27-21-15-9-3)78(88-60-54-48-42-36-30-24-18-12-6)74(64-68)86-58-52-46-40-34-28-22-16-10-4/h61-66H,7-60H2,1-6H3. The molecule has 510 valence electrons. The molecule has 0 bridgehead atoms. The molecule has 0 atom stereocenters. The van der Waals surface area contributed by atoms with Gasteiger partial charge in [-0.1, -0.05) is 311 Å². The van der Waals surface area contributed by atoms with Crippen LogP contribution in [-0.4, -0.2) is 49.6 Å². The molecule has 2 aromatic heterocycles. The summed E-state index contributed by atoms with van der Waals surface area (Å²) in [5.74, 6) is 4.62. The Morgan fingerprint density at radius 2 is 0.422 bits per heavy atom. The van der Waals surface area contributed by atoms with Crippen molar-refractivity contribution in [3.63, 3.8) is 0 Å². The number of thiazole rings is 2. The Morgan fingerprint density at radius 3 is 0.633 bits per heavy atom. The Bertz CT molecular complexity index is 2220. The summed E-state index contributed by atoms with van der Waals surface area (Å²) in [6.07, 6.45) is 60.4. The number of unbranched alkanes of at least 4 members (excludes halogenated alkanes) is 42. The Hall–Kier alpha value is -3.76. The molecule has 0 N–H and O–H groups in total. The number of rotatable bonds is 62. The molecule has 0 unspecified atom stereocenters. The molecule has 0 amide bonds. The lowest BCUT2D eigenvalue weighted by atomic mass is 10.1. The summed E-state index contributed by atoms with van der Waals surface area (Å²) in [6, 6.07) is 13.2. The lowest BCUT2D eigenvalue weighted by molar-refractivity contribution is 0.234. The lowest BCUT2D eigenvalue weighted by Crippen LogP contribution is -2.06. The van der Waals surface area contributed by atoms with Gasteiger partial charge in [-0.15, -0.1) is 22.7 Å². The third-order valence-corrected chi connectivity index (χ3v) is 20.1. The molecule has 5 aromatic rings. The zero-order chi connectivity index (χ0) is 63.6. The molecule has 90 heavy (non-hydrogen) atoms. The van der Waals surface area contributed by atoms with Crippen LogP contribution < -0.4 is 28.4 Å². The Labute approximate surface area is 559 Å². The SMILES string of the molecule is CCCCCCCCCCOc1cc(-c2nc3cc4sc(-c5cc(OCCCCCCCCCC)c(OCCCCCCCCCC)c(OCCCCCCCCCC)c5)nc4cc3s2)cc(OCCCCCCCCCC)c1OCCCCCCCCCC. The molecule has 8 nitrogen and oxygen atoms in total. The predicted molar refractivity (Wildman–Crippen MR) is 392 cm³/mol. The van der Waals surface area contributed by atoms with Gasteiger partial charge in [-0.3, -0.25) is 0 Å². The summed E-state index contributed by atoms with van der Waals surface area (Å²) in [5, 5.41) is 1.90. The highest BCUT2D eigenvalue weighted by atomic mass is 32.1. The van der Waals surface area contributed by atoms with Gasteiger partial charge in [0, 0.05) is 11.1 Å². The average molecular weight is 1280 g/mol. The molecule has 0 spiro atoms. The van der Waals surface area contributed by atoms with Crippen LogP contribution in [0.5, 0.6) is 34.5 Å². The monoisotopic (exact) mass is 1280 g/mol. The van der Waals surface area contributed by atoms with E-state index < -0.39 is 0 Å². The van der Waals surface area contributed by atoms with E-state index in [1.54, 1.807) is 22.7 Å². The minimum Gasteiger partial charge on any atom is -0.490 e. The van der Waals surface area contributed by atoms with Crippen molar-refractivity contribution < 1.29 is 28.4 Å². The van der Waals surface area contributed by atoms with Crippen molar-refractivity contribution >= 4 is 43.1 Å². The van der Waals surface area contributed by atoms with Crippen molar-refractivity contribution in [3.8, 4) is 55.6 Å². The average Bonchev–Trinajstić information content (AvgIpc) is 1.70. The maximum atomic E-state index is 6.80. The fraction of sp³-hybridized carbons (Fsp3) is 0.750. The fourth-order valence-corrected chi connectivity index (χ4v) is 14.1. The van der Waals surface area contributed by atoms with Gasteiger partial charge in [-0.05, 0) is 74.9 Å². The first-order valence-corrected chi connectivity index (χ1v) is 40.0. The first-order valence-electron chi connectivity index (χ1n) is 38.4. The molecule has 0 aliphatic heterocycles. The lowest BCUT2D eigenvalue weighted by Gasteiger charge is -2.19. The first kappa shape index (κ1) is 76.9. The number of nitrogens with zero attached hydrogens (tertiary/aromatic N) is 2. The van der Waals surface area contributed by atoms with Crippen LogP contribution in [0.25, 0.3) is 41.6 Å². The minimum atomic E-state index is 0.655. The molecule has 0 aliphatic carbocycles. The number of benzene rings is 3. The summed E-state index contributed by atoms with van der Waals surface area (Å²) >= 11 is 3.44. The van der Waals surface area contributed by atoms with E-state index in [2.05, 4.69) is 77.9 Å². The number of fused-ring (bicyclic) bond motifs is 2. The van der Waals surface area contributed by atoms with Gasteiger partial charge >= 0.3 is 0 Å². The molecule has 10 heteroatoms. The summed E-state index contributed by atoms with van der Waals surface area (Å²) in [7, 11) is 0. The highest BCUT2D eigenvalue weighted by molar-refractivity contribution is 7.23. The number of hydrogen-bond donors (Lipinski definition) is 0. The molecule has 0 saturated carbocycles. The van der Waals surface area contributed by atoms with E-state index in [0.29, 0.717) is 39.6 Å². The normalized spacial score (nSPS) is 11.6. The van der Waals surface area contributed by atoms with Crippen LogP contribution >= 0.6 is 22.7 Å². The number of aromatic nitrogens is 2. The molecular formula is C80H132N2O6S2. The van der Waals surface area contributed by atoms with Crippen molar-refractivity contribution in [2.75, 3.05) is 39.6 Å². The second-order valence-corrected chi connectivity index (χ2v) is 28.4. The summed E-state index contributed by atoms with van der Waals surface area (Å²) in [6.45, 7) is 17.7. The molecule has 0 saturated heterocycles. The van der Waals surface area contributed by atoms with Crippen LogP contribution in [-0.2, 0) is 0 Å². The molecule has 5 rings (SSSR count). The Balaban J connectivity index is 1.43. The largest absolute Gasteiger partial charge is 0.490 e. The molecule has 2 heterocycles. The van der Waals surface area contributed by atoms with Crippen LogP contribution in [0.1, 0.15) is 350 Å². The van der Waals surface area contributed by atoms with E-state index >= 15 is 0 Å². The van der Waals surface area contributed by atoms with Crippen molar-refractivity contribution in [2.45, 2.75) is 350 Å². The van der Waals surface area contributed by atoms with E-state index in [-0.39, 0.29) is 0 Å². The fourth-order valence-electron chi connectivity index (χ4n) is 12.2. The molecule has 0 aliphatic rings. The van der Waals surface area contributed by atoms with E-state index in [0.717, 1.165) is 115 Å². The van der Waals surface area contributed by atoms with Crippen LogP contribution in [0.15, 0.2) is 36.4 Å². The minimum absolute atomic E-state index is 0.655. The van der Waals surface area contributed by atoms with Crippen LogP contribution in [0.4, 0.5) is 0 Å². The van der Waals surface area contributed by atoms with Crippen LogP contribution in [0.3, 0.4) is 0 Å². The van der Waals surface area contributed by atoms with Crippen LogP contribution in [0, 0.1) is 0 Å². The second kappa shape index (κ2) is 51.6. The van der Waals surface area contributed by atoms with Gasteiger partial charge in [0.1, 0.15) is 10.0 Å². The smallest absolute Gasteiger partial charge is 0.203 e. The predicted octanol–water partition coefficient (Wildman–Crippen LogP) is 27.4. The second-order valence-electron chi connectivity index (χ2n) is 26.4. The number of hydrogen-bond acceptors (Lipinski definition) is 10. The van der Waals surface area contributed by atoms with Gasteiger partial charge in [0.05, 0.1) is 60.1 Å². The van der Waals surface area contributed by atoms with Crippen molar-refractivity contribution in [3.05, 3.63) is 36.4 Å². The summed E-state index contributed by atoms with van der Waals surface area (Å²) < 4.78 is 43.0. The van der Waals surface area contributed by atoms with Gasteiger partial charge in [-0.2, -0.15) is 0 Å².